The summed E-state index contributed by atoms with van der Waals surface area (Å²) in [5.74, 6) is 0. The van der Waals surface area contributed by atoms with Crippen LogP contribution in [0.1, 0.15) is 36.5 Å². The summed E-state index contributed by atoms with van der Waals surface area (Å²) in [7, 11) is 0. The van der Waals surface area contributed by atoms with E-state index in [2.05, 4.69) is 207 Å². The van der Waals surface area contributed by atoms with E-state index in [4.69, 9.17) is 0 Å². The summed E-state index contributed by atoms with van der Waals surface area (Å²) in [5, 5.41) is 10.5. The third-order valence-corrected chi connectivity index (χ3v) is 13.8. The van der Waals surface area contributed by atoms with Gasteiger partial charge in [-0.2, -0.15) is 0 Å². The minimum Gasteiger partial charge on any atom is -0.135 e. The average molecular weight is 779 g/mol. The first-order valence-corrected chi connectivity index (χ1v) is 21.8. The van der Waals surface area contributed by atoms with Gasteiger partial charge in [-0.25, -0.2) is 0 Å². The van der Waals surface area contributed by atoms with E-state index in [1.165, 1.54) is 101 Å². The zero-order valence-corrected chi connectivity index (χ0v) is 34.1. The average Bonchev–Trinajstić information content (AvgIpc) is 3.86. The Morgan fingerprint density at radius 1 is 0.552 bits per heavy atom. The lowest BCUT2D eigenvalue weighted by Crippen LogP contribution is -1.93. The Morgan fingerprint density at radius 3 is 2.05 bits per heavy atom. The van der Waals surface area contributed by atoms with E-state index >= 15 is 0 Å². The molecule has 2 aliphatic rings. The summed E-state index contributed by atoms with van der Waals surface area (Å²) in [6.45, 7) is 2.23. The van der Waals surface area contributed by atoms with Crippen LogP contribution in [-0.2, 0) is 6.42 Å². The highest BCUT2D eigenvalue weighted by atomic mass is 32.2. The van der Waals surface area contributed by atoms with E-state index in [0.717, 1.165) is 19.3 Å². The van der Waals surface area contributed by atoms with Crippen molar-refractivity contribution in [3.8, 4) is 11.1 Å². The smallest absolute Gasteiger partial charge is 0.0361 e. The predicted octanol–water partition coefficient (Wildman–Crippen LogP) is 16.8. The zero-order chi connectivity index (χ0) is 38.8. The van der Waals surface area contributed by atoms with Crippen molar-refractivity contribution in [2.75, 3.05) is 0 Å². The zero-order valence-electron chi connectivity index (χ0n) is 32.5. The Kier molecular flexibility index (Phi) is 9.97. The minimum absolute atomic E-state index is 0.868. The van der Waals surface area contributed by atoms with Crippen molar-refractivity contribution in [1.82, 2.24) is 0 Å². The van der Waals surface area contributed by atoms with Gasteiger partial charge in [0.05, 0.1) is 0 Å². The Morgan fingerprint density at radius 2 is 1.24 bits per heavy atom. The van der Waals surface area contributed by atoms with Crippen molar-refractivity contribution in [2.45, 2.75) is 31.1 Å². The van der Waals surface area contributed by atoms with Gasteiger partial charge in [0.15, 0.2) is 0 Å². The molecule has 278 valence electrons. The summed E-state index contributed by atoms with van der Waals surface area (Å²) in [5.41, 5.74) is 8.94. The quantitative estimate of drug-likeness (QED) is 0.160. The van der Waals surface area contributed by atoms with Crippen molar-refractivity contribution in [1.29, 1.82) is 0 Å². The molecule has 2 heterocycles. The van der Waals surface area contributed by atoms with Gasteiger partial charge in [0.2, 0.25) is 0 Å². The normalized spacial score (nSPS) is 17.6. The molecule has 1 aliphatic carbocycles. The molecule has 0 radical (unpaired) electrons. The Labute approximate surface area is 348 Å². The molecule has 0 N–H and O–H groups in total. The number of rotatable bonds is 4. The van der Waals surface area contributed by atoms with E-state index in [9.17, 15) is 0 Å². The fraction of sp³-hybridized carbons (Fsp3) is 0.0714. The predicted molar refractivity (Wildman–Crippen MR) is 257 cm³/mol. The van der Waals surface area contributed by atoms with Gasteiger partial charge in [-0.3, -0.25) is 0 Å². The molecule has 0 saturated carbocycles. The number of fused-ring (bicyclic) bond motifs is 8. The van der Waals surface area contributed by atoms with Crippen LogP contribution in [0.3, 0.4) is 0 Å². The lowest BCUT2D eigenvalue weighted by molar-refractivity contribution is 1.23. The lowest BCUT2D eigenvalue weighted by Gasteiger charge is -2.18. The van der Waals surface area contributed by atoms with Crippen LogP contribution < -0.4 is 0 Å². The van der Waals surface area contributed by atoms with E-state index in [-0.39, 0.29) is 0 Å². The number of thiophene rings is 1. The van der Waals surface area contributed by atoms with Crippen molar-refractivity contribution in [3.63, 3.8) is 0 Å². The standard InChI is InChI=1S/C56H42S2/c1-38(29-34-44-35-43-33-32-42-36-53-51(37-50(42)56(43)57-44)45-23-17-18-28-52(45)58-53)39-19-9-7-8-12-22-41(31-30-39)55-48-26-15-13-24-46(48)54(47-25-14-16-27-49(47)55)40-20-10-5-3-2-4-6-11-21-40/h2-3,5-19,21-34,36-37H,4,20,35H2,1H3/b3-2-,8-7?,9-7?,10-5-,11-6-,12-8?,19-9?,22-12?,31-30?,38-29+,39-19?,39-30?,40-21+,41-22?,41-31?,44-34+. The molecule has 10 rings (SSSR count). The molecule has 0 bridgehead atoms. The van der Waals surface area contributed by atoms with Gasteiger partial charge >= 0.3 is 0 Å². The molecule has 7 aromatic carbocycles. The maximum Gasteiger partial charge on any atom is 0.0361 e. The number of thioether (sulfide) groups is 1. The second-order valence-electron chi connectivity index (χ2n) is 15.1. The molecule has 2 heteroatoms. The molecular formula is C56H42S2. The van der Waals surface area contributed by atoms with E-state index in [0.29, 0.717) is 0 Å². The minimum atomic E-state index is 0.868. The number of hydrogen-bond acceptors (Lipinski definition) is 2. The highest BCUT2D eigenvalue weighted by molar-refractivity contribution is 8.03. The summed E-state index contributed by atoms with van der Waals surface area (Å²) in [6, 6.07) is 53.9. The molecule has 0 atom stereocenters. The van der Waals surface area contributed by atoms with Gasteiger partial charge in [-0.05, 0) is 114 Å². The van der Waals surface area contributed by atoms with Gasteiger partial charge in [-0.1, -0.05) is 194 Å². The van der Waals surface area contributed by atoms with Crippen molar-refractivity contribution in [3.05, 3.63) is 222 Å². The van der Waals surface area contributed by atoms with E-state index < -0.39 is 0 Å². The van der Waals surface area contributed by atoms with Gasteiger partial charge in [0, 0.05) is 31.5 Å². The van der Waals surface area contributed by atoms with Gasteiger partial charge < -0.3 is 0 Å². The largest absolute Gasteiger partial charge is 0.135 e. The van der Waals surface area contributed by atoms with Gasteiger partial charge in [0.25, 0.3) is 0 Å². The molecule has 0 spiro atoms. The van der Waals surface area contributed by atoms with Crippen LogP contribution in [0.4, 0.5) is 0 Å². The number of hydrogen-bond donors (Lipinski definition) is 0. The molecule has 0 amide bonds. The summed E-state index contributed by atoms with van der Waals surface area (Å²) >= 11 is 3.83. The van der Waals surface area contributed by atoms with Crippen LogP contribution in [0.25, 0.3) is 74.8 Å². The van der Waals surface area contributed by atoms with Gasteiger partial charge in [0.1, 0.15) is 0 Å². The molecule has 0 nitrogen and oxygen atoms in total. The molecule has 1 aliphatic heterocycles. The highest BCUT2D eigenvalue weighted by Gasteiger charge is 2.20. The Bertz CT molecular complexity index is 3120. The maximum atomic E-state index is 2.44. The van der Waals surface area contributed by atoms with Crippen LogP contribution >= 0.6 is 23.1 Å². The molecule has 58 heavy (non-hydrogen) atoms. The van der Waals surface area contributed by atoms with Crippen molar-refractivity contribution >= 4 is 86.7 Å². The van der Waals surface area contributed by atoms with Crippen LogP contribution in [-0.4, -0.2) is 0 Å². The summed E-state index contributed by atoms with van der Waals surface area (Å²) in [4.78, 5) is 2.79. The van der Waals surface area contributed by atoms with Crippen molar-refractivity contribution < 1.29 is 0 Å². The second-order valence-corrected chi connectivity index (χ2v) is 17.3. The van der Waals surface area contributed by atoms with E-state index in [1.807, 2.05) is 23.1 Å². The second kappa shape index (κ2) is 16.0. The SMILES string of the molecule is C/C(=C\C=C1/Cc2ccc3cc4sc5ccccc5c4cc3c2S1)c1ccccccc(-c2c3ccccc3c(/C3=C/C=C\C/C=C\C=C/C3)c3ccccc23)cc1. The summed E-state index contributed by atoms with van der Waals surface area (Å²) in [6.07, 6.45) is 23.0. The number of benzene rings is 6. The fourth-order valence-corrected chi connectivity index (χ4v) is 10.9. The number of allylic oxidation sites excluding steroid dienone is 12. The molecule has 0 saturated heterocycles. The first-order chi connectivity index (χ1) is 28.7. The van der Waals surface area contributed by atoms with Crippen LogP contribution in [0.15, 0.2) is 210 Å². The third kappa shape index (κ3) is 6.94. The first kappa shape index (κ1) is 36.2. The molecular weight excluding hydrogens is 737 g/mol. The van der Waals surface area contributed by atoms with Crippen LogP contribution in [0.5, 0.6) is 0 Å². The Hall–Kier alpha value is -6.19. The van der Waals surface area contributed by atoms with E-state index in [1.54, 1.807) is 0 Å². The Balaban J connectivity index is 1.04. The van der Waals surface area contributed by atoms with Crippen molar-refractivity contribution in [2.24, 2.45) is 0 Å². The molecule has 1 aromatic heterocycles. The first-order valence-electron chi connectivity index (χ1n) is 20.2. The molecule has 0 unspecified atom stereocenters. The summed E-state index contributed by atoms with van der Waals surface area (Å²) < 4.78 is 2.72. The highest BCUT2D eigenvalue weighted by Crippen LogP contribution is 2.47. The molecule has 0 fully saturated rings. The van der Waals surface area contributed by atoms with Crippen LogP contribution in [0.2, 0.25) is 0 Å². The monoisotopic (exact) mass is 778 g/mol. The van der Waals surface area contributed by atoms with Crippen LogP contribution in [0, 0.1) is 0 Å². The fourth-order valence-electron chi connectivity index (χ4n) is 8.56. The topological polar surface area (TPSA) is 0 Å². The maximum absolute atomic E-state index is 2.44. The van der Waals surface area contributed by atoms with Gasteiger partial charge in [-0.15, -0.1) is 11.3 Å². The lowest BCUT2D eigenvalue weighted by atomic mass is 9.85. The third-order valence-electron chi connectivity index (χ3n) is 11.4. The molecule has 8 aromatic rings.